The van der Waals surface area contributed by atoms with Gasteiger partial charge in [0.2, 0.25) is 9.84 Å². The number of nitrogens with two attached hydrogens (primary N) is 1. The molecule has 35 heavy (non-hydrogen) atoms. The smallest absolute Gasteiger partial charge is 0.399 e. The number of anilines is 1. The van der Waals surface area contributed by atoms with Gasteiger partial charge in [0.25, 0.3) is 0 Å². The lowest BCUT2D eigenvalue weighted by Crippen LogP contribution is -2.75. The fraction of sp³-hybridized carbons (Fsp3) is 0.571. The average Bonchev–Trinajstić information content (AvgIpc) is 2.66. The molecule has 0 saturated carbocycles. The zero-order valence-corrected chi connectivity index (χ0v) is 16.4. The van der Waals surface area contributed by atoms with Gasteiger partial charge in [0.15, 0.2) is 0 Å². The number of hydrogen-bond acceptors (Lipinski definition) is 3. The van der Waals surface area contributed by atoms with Crippen LogP contribution in [0.2, 0.25) is 0 Å². The predicted octanol–water partition coefficient (Wildman–Crippen LogP) is 6.01. The first-order valence-corrected chi connectivity index (χ1v) is 9.30. The van der Waals surface area contributed by atoms with Crippen LogP contribution in [0.15, 0.2) is 29.2 Å². The number of hydrogen-bond donors (Lipinski definition) is 1. The molecule has 0 aromatic heterocycles. The lowest BCUT2D eigenvalue weighted by Gasteiger charge is -2.42. The zero-order chi connectivity index (χ0) is 28.5. The summed E-state index contributed by atoms with van der Waals surface area (Å²) in [6.45, 7) is 0. The summed E-state index contributed by atoms with van der Waals surface area (Å²) in [5.41, 5.74) is 4.52. The average molecular weight is 575 g/mol. The van der Waals surface area contributed by atoms with E-state index >= 15 is 0 Å². The third kappa shape index (κ3) is 3.83. The van der Waals surface area contributed by atoms with Gasteiger partial charge in [0.05, 0.1) is 4.90 Å². The van der Waals surface area contributed by atoms with Crippen LogP contribution in [-0.2, 0) is 9.84 Å². The molecule has 2 N–H and O–H groups in total. The summed E-state index contributed by atoms with van der Waals surface area (Å²) in [4.78, 5) is -2.09. The summed E-state index contributed by atoms with van der Waals surface area (Å²) >= 11 is 0. The number of benzene rings is 1. The van der Waals surface area contributed by atoms with E-state index in [0.29, 0.717) is 12.1 Å². The maximum Gasteiger partial charge on any atom is 0.460 e. The molecule has 0 atom stereocenters. The molecular weight excluding hydrogens is 569 g/mol. The van der Waals surface area contributed by atoms with Gasteiger partial charge in [-0.2, -0.15) is 74.6 Å². The molecule has 0 fully saturated rings. The molecule has 0 unspecified atom stereocenters. The molecule has 3 nitrogen and oxygen atoms in total. The van der Waals surface area contributed by atoms with Gasteiger partial charge in [0.1, 0.15) is 0 Å². The van der Waals surface area contributed by atoms with Gasteiger partial charge in [-0.1, -0.05) is 0 Å². The molecule has 0 heterocycles. The first-order chi connectivity index (χ1) is 15.0. The number of nitrogen functional groups attached to an aromatic ring is 1. The largest absolute Gasteiger partial charge is 0.460 e. The zero-order valence-electron chi connectivity index (χ0n) is 15.5. The minimum Gasteiger partial charge on any atom is -0.399 e. The molecule has 0 aliphatic rings. The van der Waals surface area contributed by atoms with Crippen molar-refractivity contribution in [3.05, 3.63) is 24.3 Å². The summed E-state index contributed by atoms with van der Waals surface area (Å²) < 4.78 is 248. The molecule has 1 rings (SSSR count). The van der Waals surface area contributed by atoms with E-state index in [0.717, 1.165) is 0 Å². The summed E-state index contributed by atoms with van der Waals surface area (Å²) in [6, 6.07) is 0.499. The Morgan fingerprint density at radius 2 is 0.771 bits per heavy atom. The van der Waals surface area contributed by atoms with E-state index in [9.17, 15) is 83.1 Å². The summed E-state index contributed by atoms with van der Waals surface area (Å²) in [5.74, 6) is -51.7. The van der Waals surface area contributed by atoms with Crippen molar-refractivity contribution in [2.45, 2.75) is 51.9 Å². The fourth-order valence-electron chi connectivity index (χ4n) is 2.11. The summed E-state index contributed by atoms with van der Waals surface area (Å²) in [6.07, 6.45) is -7.88. The van der Waals surface area contributed by atoms with E-state index in [2.05, 4.69) is 0 Å². The highest BCUT2D eigenvalue weighted by molar-refractivity contribution is 7.92. The number of halogens is 17. The third-order valence-corrected chi connectivity index (χ3v) is 6.05. The van der Waals surface area contributed by atoms with Gasteiger partial charge in [-0.05, 0) is 24.3 Å². The molecule has 0 amide bonds. The van der Waals surface area contributed by atoms with E-state index in [1.54, 1.807) is 0 Å². The second-order valence-electron chi connectivity index (χ2n) is 6.53. The monoisotopic (exact) mass is 575 g/mol. The highest BCUT2D eigenvalue weighted by Crippen LogP contribution is 2.64. The Morgan fingerprint density at radius 1 is 0.486 bits per heavy atom. The molecule has 0 aliphatic carbocycles. The molecule has 1 aromatic rings. The van der Waals surface area contributed by atoms with Crippen molar-refractivity contribution < 1.29 is 83.1 Å². The van der Waals surface area contributed by atoms with E-state index < -0.39 is 67.4 Å². The van der Waals surface area contributed by atoms with Crippen molar-refractivity contribution in [1.29, 1.82) is 0 Å². The molecule has 0 aliphatic heterocycles. The molecule has 1 aromatic carbocycles. The van der Waals surface area contributed by atoms with E-state index in [4.69, 9.17) is 5.73 Å². The maximum absolute atomic E-state index is 14.0. The Balaban J connectivity index is 3.79. The van der Waals surface area contributed by atoms with Crippen LogP contribution in [0, 0.1) is 0 Å². The van der Waals surface area contributed by atoms with Crippen LogP contribution in [-0.4, -0.2) is 55.4 Å². The fourth-order valence-corrected chi connectivity index (χ4v) is 3.37. The van der Waals surface area contributed by atoms with Crippen molar-refractivity contribution in [3.8, 4) is 0 Å². The quantitative estimate of drug-likeness (QED) is 0.305. The van der Waals surface area contributed by atoms with Crippen molar-refractivity contribution in [3.63, 3.8) is 0 Å². The normalized spacial score (nSPS) is 15.9. The van der Waals surface area contributed by atoms with Gasteiger partial charge in [0, 0.05) is 5.69 Å². The van der Waals surface area contributed by atoms with Gasteiger partial charge < -0.3 is 5.73 Å². The lowest BCUT2D eigenvalue weighted by atomic mass is 9.91. The Hall–Kier alpha value is -2.22. The standard InChI is InChI=1S/C14H6F17NO2S/c15-7(16,9(19,20)11(23,24)13(27,28)29)8(17,18)10(21,22)12(25,26)14(30,31)35(33,34)6-3-1-5(32)2-4-6/h1-4H,32H2. The molecule has 0 bridgehead atoms. The van der Waals surface area contributed by atoms with Crippen molar-refractivity contribution in [2.24, 2.45) is 0 Å². The molecule has 0 radical (unpaired) electrons. The van der Waals surface area contributed by atoms with E-state index in [-0.39, 0.29) is 12.1 Å². The second-order valence-corrected chi connectivity index (χ2v) is 8.52. The number of rotatable bonds is 8. The van der Waals surface area contributed by atoms with E-state index in [1.165, 1.54) is 0 Å². The highest BCUT2D eigenvalue weighted by atomic mass is 32.2. The predicted molar refractivity (Wildman–Crippen MR) is 78.7 cm³/mol. The van der Waals surface area contributed by atoms with Crippen LogP contribution in [0.1, 0.15) is 0 Å². The summed E-state index contributed by atoms with van der Waals surface area (Å²) in [5, 5.41) is -7.58. The minimum atomic E-state index is -8.86. The SMILES string of the molecule is Nc1ccc(S(=O)(=O)C(F)(F)C(F)(F)C(F)(F)C(F)(F)C(F)(F)C(F)(F)C(F)(F)C(F)(F)F)cc1. The van der Waals surface area contributed by atoms with Crippen LogP contribution in [0.5, 0.6) is 0 Å². The minimum absolute atomic E-state index is 0.0996. The van der Waals surface area contributed by atoms with Crippen LogP contribution >= 0.6 is 0 Å². The Kier molecular flexibility index (Phi) is 6.94. The number of alkyl halides is 17. The Labute approximate surface area is 181 Å². The second kappa shape index (κ2) is 7.89. The molecule has 204 valence electrons. The van der Waals surface area contributed by atoms with Crippen molar-refractivity contribution in [1.82, 2.24) is 0 Å². The molecule has 0 saturated heterocycles. The Morgan fingerprint density at radius 3 is 1.09 bits per heavy atom. The molecule has 0 spiro atoms. The van der Waals surface area contributed by atoms with Gasteiger partial charge in [-0.25, -0.2) is 8.42 Å². The summed E-state index contributed by atoms with van der Waals surface area (Å²) in [7, 11) is -7.30. The Bertz CT molecular complexity index is 1040. The van der Waals surface area contributed by atoms with Crippen LogP contribution in [0.3, 0.4) is 0 Å². The lowest BCUT2D eigenvalue weighted by molar-refractivity contribution is -0.458. The van der Waals surface area contributed by atoms with Crippen molar-refractivity contribution >= 4 is 15.5 Å². The highest BCUT2D eigenvalue weighted by Gasteiger charge is 2.96. The van der Waals surface area contributed by atoms with Gasteiger partial charge in [-0.15, -0.1) is 0 Å². The van der Waals surface area contributed by atoms with E-state index in [1.807, 2.05) is 0 Å². The van der Waals surface area contributed by atoms with Crippen molar-refractivity contribution in [2.75, 3.05) is 5.73 Å². The first kappa shape index (κ1) is 30.8. The maximum atomic E-state index is 14.0. The van der Waals surface area contributed by atoms with Crippen LogP contribution in [0.4, 0.5) is 80.3 Å². The number of sulfone groups is 1. The van der Waals surface area contributed by atoms with Gasteiger partial charge in [-0.3, -0.25) is 0 Å². The molecular formula is C14H6F17NO2S. The van der Waals surface area contributed by atoms with Crippen LogP contribution < -0.4 is 5.73 Å². The molecule has 21 heteroatoms. The topological polar surface area (TPSA) is 60.2 Å². The first-order valence-electron chi connectivity index (χ1n) is 7.81. The van der Waals surface area contributed by atoms with Gasteiger partial charge >= 0.3 is 47.0 Å². The van der Waals surface area contributed by atoms with Crippen LogP contribution in [0.25, 0.3) is 0 Å². The third-order valence-electron chi connectivity index (χ3n) is 4.22.